The molecule has 3 aromatic rings. The molecule has 0 fully saturated rings. The Kier molecular flexibility index (Phi) is 7.33. The largest absolute Gasteiger partial charge is 0.494 e. The number of thioether (sulfide) groups is 1. The van der Waals surface area contributed by atoms with E-state index < -0.39 is 23.8 Å². The molecule has 1 aliphatic heterocycles. The number of nitrogens with zero attached hydrogens (tertiary/aromatic N) is 2. The van der Waals surface area contributed by atoms with Gasteiger partial charge in [0.25, 0.3) is 11.8 Å². The fourth-order valence-corrected chi connectivity index (χ4v) is 5.18. The zero-order chi connectivity index (χ0) is 24.2. The van der Waals surface area contributed by atoms with Gasteiger partial charge in [-0.05, 0) is 68.7 Å². The van der Waals surface area contributed by atoms with Crippen molar-refractivity contribution < 1.29 is 19.1 Å². The number of amides is 3. The Bertz CT molecular complexity index is 1190. The molecule has 9 heteroatoms. The highest BCUT2D eigenvalue weighted by Crippen LogP contribution is 2.32. The van der Waals surface area contributed by atoms with Crippen molar-refractivity contribution in [1.82, 2.24) is 9.88 Å². The molecule has 0 bridgehead atoms. The molecule has 1 aromatic heterocycles. The standard InChI is InChI=1S/C25H25N3O4S2/c1-4-32-17-11-9-16(10-12-17)21-15(2)34-25(26-21)27-22(29)20(13-14-33-3)28-23(30)18-7-5-6-8-19(18)24(28)31/h5-12,20H,4,13-14H2,1-3H3,(H,26,27,29)/t20-/m0/s1. The maximum absolute atomic E-state index is 13.3. The van der Waals surface area contributed by atoms with E-state index in [1.807, 2.05) is 44.4 Å². The molecule has 1 atom stereocenters. The molecule has 0 unspecified atom stereocenters. The van der Waals surface area contributed by atoms with Crippen molar-refractivity contribution in [3.05, 3.63) is 64.5 Å². The van der Waals surface area contributed by atoms with Crippen LogP contribution in [0.1, 0.15) is 38.9 Å². The Balaban J connectivity index is 1.56. The van der Waals surface area contributed by atoms with Crippen LogP contribution >= 0.6 is 23.1 Å². The van der Waals surface area contributed by atoms with Gasteiger partial charge in [-0.25, -0.2) is 4.98 Å². The number of aromatic nitrogens is 1. The van der Waals surface area contributed by atoms with Gasteiger partial charge in [-0.3, -0.25) is 19.3 Å². The Morgan fingerprint density at radius 3 is 2.35 bits per heavy atom. The third-order valence-electron chi connectivity index (χ3n) is 5.50. The summed E-state index contributed by atoms with van der Waals surface area (Å²) in [4.78, 5) is 45.9. The number of fused-ring (bicyclic) bond motifs is 1. The minimum absolute atomic E-state index is 0.331. The summed E-state index contributed by atoms with van der Waals surface area (Å²) >= 11 is 2.91. The number of imide groups is 1. The topological polar surface area (TPSA) is 88.6 Å². The average molecular weight is 496 g/mol. The van der Waals surface area contributed by atoms with Crippen molar-refractivity contribution in [2.45, 2.75) is 26.3 Å². The summed E-state index contributed by atoms with van der Waals surface area (Å²) in [5.41, 5.74) is 2.34. The number of carbonyl (C=O) groups excluding carboxylic acids is 3. The Labute approximate surface area is 206 Å². The molecule has 176 valence electrons. The zero-order valence-corrected chi connectivity index (χ0v) is 20.8. The summed E-state index contributed by atoms with van der Waals surface area (Å²) < 4.78 is 5.50. The van der Waals surface area contributed by atoms with E-state index in [0.717, 1.165) is 26.8 Å². The first-order valence-electron chi connectivity index (χ1n) is 10.9. The molecule has 0 saturated heterocycles. The second-order valence-corrected chi connectivity index (χ2v) is 9.88. The Morgan fingerprint density at radius 2 is 1.76 bits per heavy atom. The van der Waals surface area contributed by atoms with Crippen molar-refractivity contribution in [3.63, 3.8) is 0 Å². The lowest BCUT2D eigenvalue weighted by Crippen LogP contribution is -2.47. The van der Waals surface area contributed by atoms with Crippen LogP contribution in [0.15, 0.2) is 48.5 Å². The quantitative estimate of drug-likeness (QED) is 0.426. The molecular weight excluding hydrogens is 470 g/mol. The minimum Gasteiger partial charge on any atom is -0.494 e. The van der Waals surface area contributed by atoms with E-state index in [9.17, 15) is 14.4 Å². The molecule has 0 aliphatic carbocycles. The molecule has 7 nitrogen and oxygen atoms in total. The first-order valence-corrected chi connectivity index (χ1v) is 13.1. The van der Waals surface area contributed by atoms with Gasteiger partial charge in [0.05, 0.1) is 23.4 Å². The van der Waals surface area contributed by atoms with E-state index in [4.69, 9.17) is 4.74 Å². The maximum atomic E-state index is 13.3. The molecule has 3 amide bonds. The molecule has 2 heterocycles. The lowest BCUT2D eigenvalue weighted by Gasteiger charge is -2.24. The van der Waals surface area contributed by atoms with E-state index in [-0.39, 0.29) is 0 Å². The molecule has 0 saturated carbocycles. The number of thiazole rings is 1. The molecule has 0 radical (unpaired) electrons. The summed E-state index contributed by atoms with van der Waals surface area (Å²) in [5.74, 6) is 0.111. The highest BCUT2D eigenvalue weighted by molar-refractivity contribution is 7.98. The number of nitrogens with one attached hydrogen (secondary N) is 1. The van der Waals surface area contributed by atoms with E-state index in [1.165, 1.54) is 11.3 Å². The average Bonchev–Trinajstić information content (AvgIpc) is 3.32. The monoisotopic (exact) mass is 495 g/mol. The van der Waals surface area contributed by atoms with Crippen molar-refractivity contribution >= 4 is 46.0 Å². The van der Waals surface area contributed by atoms with E-state index >= 15 is 0 Å². The normalized spacial score (nSPS) is 13.7. The second-order valence-electron chi connectivity index (χ2n) is 7.69. The van der Waals surface area contributed by atoms with Gasteiger partial charge in [0.2, 0.25) is 5.91 Å². The van der Waals surface area contributed by atoms with Crippen LogP contribution in [-0.4, -0.2) is 52.3 Å². The first kappa shape index (κ1) is 24.0. The number of benzene rings is 2. The molecule has 1 N–H and O–H groups in total. The second kappa shape index (κ2) is 10.4. The van der Waals surface area contributed by atoms with Gasteiger partial charge in [-0.1, -0.05) is 12.1 Å². The van der Waals surface area contributed by atoms with Crippen LogP contribution in [0.4, 0.5) is 5.13 Å². The molecule has 2 aromatic carbocycles. The minimum atomic E-state index is -0.919. The summed E-state index contributed by atoms with van der Waals surface area (Å²) in [6, 6.07) is 13.4. The van der Waals surface area contributed by atoms with Crippen LogP contribution in [-0.2, 0) is 4.79 Å². The van der Waals surface area contributed by atoms with Gasteiger partial charge in [0, 0.05) is 10.4 Å². The summed E-state index contributed by atoms with van der Waals surface area (Å²) in [7, 11) is 0. The van der Waals surface area contributed by atoms with E-state index in [0.29, 0.717) is 35.0 Å². The van der Waals surface area contributed by atoms with Gasteiger partial charge >= 0.3 is 0 Å². The number of ether oxygens (including phenoxy) is 1. The number of hydrogen-bond acceptors (Lipinski definition) is 7. The first-order chi connectivity index (χ1) is 16.4. The predicted octanol–water partition coefficient (Wildman–Crippen LogP) is 4.87. The molecule has 1 aliphatic rings. The lowest BCUT2D eigenvalue weighted by atomic mass is 10.1. The highest BCUT2D eigenvalue weighted by Gasteiger charge is 2.42. The SMILES string of the molecule is CCOc1ccc(-c2nc(NC(=O)[C@H](CCSC)N3C(=O)c4ccccc4C3=O)sc2C)cc1. The highest BCUT2D eigenvalue weighted by atomic mass is 32.2. The fourth-order valence-electron chi connectivity index (χ4n) is 3.88. The van der Waals surface area contributed by atoms with Crippen molar-refractivity contribution in [1.29, 1.82) is 0 Å². The van der Waals surface area contributed by atoms with Crippen molar-refractivity contribution in [2.24, 2.45) is 0 Å². The van der Waals surface area contributed by atoms with Crippen LogP contribution in [0.5, 0.6) is 5.75 Å². The van der Waals surface area contributed by atoms with Gasteiger partial charge < -0.3 is 10.1 Å². The lowest BCUT2D eigenvalue weighted by molar-refractivity contribution is -0.120. The van der Waals surface area contributed by atoms with Crippen LogP contribution in [0.2, 0.25) is 0 Å². The van der Waals surface area contributed by atoms with Crippen molar-refractivity contribution in [3.8, 4) is 17.0 Å². The number of anilines is 1. The van der Waals surface area contributed by atoms with Gasteiger partial charge in [0.1, 0.15) is 11.8 Å². The third kappa shape index (κ3) is 4.71. The van der Waals surface area contributed by atoms with Crippen LogP contribution in [0.25, 0.3) is 11.3 Å². The third-order valence-corrected chi connectivity index (χ3v) is 7.03. The molecule has 4 rings (SSSR count). The van der Waals surface area contributed by atoms with E-state index in [2.05, 4.69) is 10.3 Å². The zero-order valence-electron chi connectivity index (χ0n) is 19.2. The summed E-state index contributed by atoms with van der Waals surface area (Å²) in [6.07, 6.45) is 2.28. The number of rotatable bonds is 9. The van der Waals surface area contributed by atoms with Crippen LogP contribution in [0.3, 0.4) is 0 Å². The van der Waals surface area contributed by atoms with Crippen LogP contribution < -0.4 is 10.1 Å². The number of carbonyl (C=O) groups is 3. The molecule has 34 heavy (non-hydrogen) atoms. The maximum Gasteiger partial charge on any atom is 0.262 e. The van der Waals surface area contributed by atoms with Gasteiger partial charge in [0.15, 0.2) is 5.13 Å². The van der Waals surface area contributed by atoms with Crippen molar-refractivity contribution in [2.75, 3.05) is 23.9 Å². The van der Waals surface area contributed by atoms with Gasteiger partial charge in [-0.2, -0.15) is 11.8 Å². The summed E-state index contributed by atoms with van der Waals surface area (Å²) in [6.45, 7) is 4.46. The fraction of sp³-hybridized carbons (Fsp3) is 0.280. The summed E-state index contributed by atoms with van der Waals surface area (Å²) in [5, 5.41) is 3.27. The number of hydrogen-bond donors (Lipinski definition) is 1. The molecule has 0 spiro atoms. The van der Waals surface area contributed by atoms with Crippen LogP contribution in [0, 0.1) is 6.92 Å². The Hall–Kier alpha value is -3.17. The van der Waals surface area contributed by atoms with E-state index in [1.54, 1.807) is 36.0 Å². The smallest absolute Gasteiger partial charge is 0.262 e. The van der Waals surface area contributed by atoms with Gasteiger partial charge in [-0.15, -0.1) is 11.3 Å². The predicted molar refractivity (Wildman–Crippen MR) is 136 cm³/mol. The Morgan fingerprint density at radius 1 is 1.12 bits per heavy atom. The molecular formula is C25H25N3O4S2. The number of aryl methyl sites for hydroxylation is 1.